The van der Waals surface area contributed by atoms with Crippen molar-refractivity contribution in [3.63, 3.8) is 0 Å². The van der Waals surface area contributed by atoms with Gasteiger partial charge in [0.05, 0.1) is 0 Å². The lowest BCUT2D eigenvalue weighted by atomic mass is 10.0. The zero-order valence-electron chi connectivity index (χ0n) is 10.9. The van der Waals surface area contributed by atoms with E-state index in [0.29, 0.717) is 18.9 Å². The number of aliphatic carboxylic acids is 1. The van der Waals surface area contributed by atoms with E-state index in [1.54, 1.807) is 11.8 Å². The van der Waals surface area contributed by atoms with Crippen molar-refractivity contribution in [2.75, 3.05) is 12.3 Å². The molecule has 0 bridgehead atoms. The van der Waals surface area contributed by atoms with Gasteiger partial charge < -0.3 is 10.4 Å². The fourth-order valence-corrected chi connectivity index (χ4v) is 2.47. The van der Waals surface area contributed by atoms with Gasteiger partial charge in [0.25, 0.3) is 0 Å². The van der Waals surface area contributed by atoms with Gasteiger partial charge in [-0.1, -0.05) is 32.0 Å². The Morgan fingerprint density at radius 2 is 2.00 bits per heavy atom. The summed E-state index contributed by atoms with van der Waals surface area (Å²) in [6.45, 7) is 4.79. The van der Waals surface area contributed by atoms with Crippen LogP contribution in [0.3, 0.4) is 0 Å². The fraction of sp³-hybridized carbons (Fsp3) is 0.500. The number of carboxylic acids is 1. The summed E-state index contributed by atoms with van der Waals surface area (Å²) < 4.78 is 0. The van der Waals surface area contributed by atoms with Gasteiger partial charge in [-0.05, 0) is 24.5 Å². The molecule has 18 heavy (non-hydrogen) atoms. The Balaban J connectivity index is 2.25. The SMILES string of the molecule is CC(C)CC(NCCSc1ccccc1)C(=O)O. The van der Waals surface area contributed by atoms with Gasteiger partial charge in [0.1, 0.15) is 6.04 Å². The zero-order chi connectivity index (χ0) is 13.4. The summed E-state index contributed by atoms with van der Waals surface area (Å²) in [6.07, 6.45) is 0.672. The number of hydrogen-bond acceptors (Lipinski definition) is 3. The van der Waals surface area contributed by atoms with E-state index in [2.05, 4.69) is 17.4 Å². The second-order valence-electron chi connectivity index (χ2n) is 4.64. The number of hydrogen-bond donors (Lipinski definition) is 2. The number of thioether (sulfide) groups is 1. The quantitative estimate of drug-likeness (QED) is 0.562. The van der Waals surface area contributed by atoms with E-state index in [0.717, 1.165) is 5.75 Å². The molecule has 0 aliphatic rings. The Bertz CT molecular complexity index is 354. The van der Waals surface area contributed by atoms with Gasteiger partial charge in [0.15, 0.2) is 0 Å². The molecule has 0 saturated heterocycles. The number of rotatable bonds is 8. The van der Waals surface area contributed by atoms with E-state index in [9.17, 15) is 4.79 Å². The summed E-state index contributed by atoms with van der Waals surface area (Å²) in [5, 5.41) is 12.2. The highest BCUT2D eigenvalue weighted by Crippen LogP contribution is 2.16. The molecule has 100 valence electrons. The van der Waals surface area contributed by atoms with Crippen LogP contribution in [0.4, 0.5) is 0 Å². The molecule has 0 spiro atoms. The second kappa shape index (κ2) is 8.16. The first-order chi connectivity index (χ1) is 8.59. The molecule has 1 atom stereocenters. The molecule has 1 unspecified atom stereocenters. The van der Waals surface area contributed by atoms with Crippen molar-refractivity contribution in [3.05, 3.63) is 30.3 Å². The predicted octanol–water partition coefficient (Wildman–Crippen LogP) is 2.87. The van der Waals surface area contributed by atoms with Crippen LogP contribution in [0.25, 0.3) is 0 Å². The average Bonchev–Trinajstić information content (AvgIpc) is 2.33. The van der Waals surface area contributed by atoms with Crippen LogP contribution < -0.4 is 5.32 Å². The van der Waals surface area contributed by atoms with Crippen molar-refractivity contribution in [2.24, 2.45) is 5.92 Å². The normalized spacial score (nSPS) is 12.6. The summed E-state index contributed by atoms with van der Waals surface area (Å²) in [5.74, 6) is 0.514. The van der Waals surface area contributed by atoms with Crippen LogP contribution in [-0.4, -0.2) is 29.4 Å². The minimum Gasteiger partial charge on any atom is -0.480 e. The first kappa shape index (κ1) is 15.1. The van der Waals surface area contributed by atoms with Crippen LogP contribution in [0.2, 0.25) is 0 Å². The Labute approximate surface area is 113 Å². The topological polar surface area (TPSA) is 49.3 Å². The highest BCUT2D eigenvalue weighted by Gasteiger charge is 2.17. The lowest BCUT2D eigenvalue weighted by Crippen LogP contribution is -2.38. The minimum atomic E-state index is -0.756. The molecule has 0 radical (unpaired) electrons. The third kappa shape index (κ3) is 6.07. The summed E-state index contributed by atoms with van der Waals surface area (Å²) in [6, 6.07) is 9.71. The summed E-state index contributed by atoms with van der Waals surface area (Å²) >= 11 is 1.74. The largest absolute Gasteiger partial charge is 0.480 e. The summed E-state index contributed by atoms with van der Waals surface area (Å²) in [4.78, 5) is 12.2. The van der Waals surface area contributed by atoms with Gasteiger partial charge in [0.2, 0.25) is 0 Å². The molecule has 2 N–H and O–H groups in total. The Kier molecular flexibility index (Phi) is 6.83. The van der Waals surface area contributed by atoms with Crippen molar-refractivity contribution >= 4 is 17.7 Å². The highest BCUT2D eigenvalue weighted by molar-refractivity contribution is 7.99. The van der Waals surface area contributed by atoms with Crippen molar-refractivity contribution in [1.82, 2.24) is 5.32 Å². The second-order valence-corrected chi connectivity index (χ2v) is 5.80. The maximum Gasteiger partial charge on any atom is 0.320 e. The van der Waals surface area contributed by atoms with Crippen LogP contribution in [0, 0.1) is 5.92 Å². The van der Waals surface area contributed by atoms with Gasteiger partial charge >= 0.3 is 5.97 Å². The van der Waals surface area contributed by atoms with E-state index >= 15 is 0 Å². The fourth-order valence-electron chi connectivity index (χ4n) is 1.66. The molecule has 0 saturated carbocycles. The van der Waals surface area contributed by atoms with Crippen LogP contribution in [-0.2, 0) is 4.79 Å². The molecule has 3 nitrogen and oxygen atoms in total. The Morgan fingerprint density at radius 3 is 2.56 bits per heavy atom. The molecule has 1 aromatic rings. The third-order valence-electron chi connectivity index (χ3n) is 2.51. The molecule has 0 fully saturated rings. The van der Waals surface area contributed by atoms with Gasteiger partial charge in [-0.2, -0.15) is 0 Å². The predicted molar refractivity (Wildman–Crippen MR) is 76.0 cm³/mol. The molecule has 0 amide bonds. The average molecular weight is 267 g/mol. The van der Waals surface area contributed by atoms with Crippen molar-refractivity contribution in [1.29, 1.82) is 0 Å². The first-order valence-electron chi connectivity index (χ1n) is 6.23. The number of benzene rings is 1. The van der Waals surface area contributed by atoms with Gasteiger partial charge in [0, 0.05) is 17.2 Å². The molecule has 0 aromatic heterocycles. The van der Waals surface area contributed by atoms with Crippen LogP contribution in [0.5, 0.6) is 0 Å². The molecule has 0 aliphatic carbocycles. The van der Waals surface area contributed by atoms with Crippen LogP contribution in [0.15, 0.2) is 35.2 Å². The smallest absolute Gasteiger partial charge is 0.320 e. The maximum atomic E-state index is 11.0. The minimum absolute atomic E-state index is 0.389. The summed E-state index contributed by atoms with van der Waals surface area (Å²) in [5.41, 5.74) is 0. The van der Waals surface area contributed by atoms with Crippen LogP contribution >= 0.6 is 11.8 Å². The van der Waals surface area contributed by atoms with Crippen LogP contribution in [0.1, 0.15) is 20.3 Å². The molecule has 4 heteroatoms. The Hall–Kier alpha value is -1.00. The van der Waals surface area contributed by atoms with E-state index in [1.165, 1.54) is 4.90 Å². The first-order valence-corrected chi connectivity index (χ1v) is 7.22. The lowest BCUT2D eigenvalue weighted by Gasteiger charge is -2.16. The number of carbonyl (C=O) groups is 1. The van der Waals surface area contributed by atoms with Gasteiger partial charge in [-0.15, -0.1) is 11.8 Å². The number of nitrogens with one attached hydrogen (secondary N) is 1. The van der Waals surface area contributed by atoms with E-state index in [-0.39, 0.29) is 0 Å². The Morgan fingerprint density at radius 1 is 1.33 bits per heavy atom. The molecular weight excluding hydrogens is 246 g/mol. The van der Waals surface area contributed by atoms with Crippen molar-refractivity contribution < 1.29 is 9.90 Å². The lowest BCUT2D eigenvalue weighted by molar-refractivity contribution is -0.139. The third-order valence-corrected chi connectivity index (χ3v) is 3.52. The van der Waals surface area contributed by atoms with E-state index < -0.39 is 12.0 Å². The molecule has 1 aromatic carbocycles. The molecule has 0 aliphatic heterocycles. The van der Waals surface area contributed by atoms with Gasteiger partial charge in [-0.25, -0.2) is 0 Å². The van der Waals surface area contributed by atoms with E-state index in [1.807, 2.05) is 32.0 Å². The van der Waals surface area contributed by atoms with Crippen molar-refractivity contribution in [3.8, 4) is 0 Å². The number of carboxylic acid groups (broad SMARTS) is 1. The van der Waals surface area contributed by atoms with Gasteiger partial charge in [-0.3, -0.25) is 4.79 Å². The standard InChI is InChI=1S/C14H21NO2S/c1-11(2)10-13(14(16)17)15-8-9-18-12-6-4-3-5-7-12/h3-7,11,13,15H,8-10H2,1-2H3,(H,16,17). The maximum absolute atomic E-state index is 11.0. The summed E-state index contributed by atoms with van der Waals surface area (Å²) in [7, 11) is 0. The van der Waals surface area contributed by atoms with Crippen molar-refractivity contribution in [2.45, 2.75) is 31.2 Å². The zero-order valence-corrected chi connectivity index (χ0v) is 11.7. The molecular formula is C14H21NO2S. The van der Waals surface area contributed by atoms with E-state index in [4.69, 9.17) is 5.11 Å². The monoisotopic (exact) mass is 267 g/mol. The molecule has 0 heterocycles. The highest BCUT2D eigenvalue weighted by atomic mass is 32.2. The molecule has 1 rings (SSSR count).